The summed E-state index contributed by atoms with van der Waals surface area (Å²) < 4.78 is 2.24. The van der Waals surface area contributed by atoms with Crippen LogP contribution in [0, 0.1) is 27.7 Å². The standard InChI is InChI=1S/C22H22N6O.C16H18N4.C12H8N4O2.2H2S/c1-14-11-18-21(26-20(14)16-6-9-23-15(2)12-16)28(17-7-10-27(18)13-17)22(29)25-19-5-3-4-8-24-19;1-10-7-14-16(18-13-4-6-20(14)9-13)19-15(10)12-3-5-17-11(2)8-12;17-11-14-10-6-2-4-8-15(10)12(18)16(11)9-5-1-3-7-13-9;;/h3-6,8-9,11-12,17H,7,10,13H2,1-2H3,(H,24,25,29);3,5,7-8,13H,4,6,9H2,1-2H3,(H,18,19);1-8H;2*1H2/t17-;13-;;;/m00.../s1. The van der Waals surface area contributed by atoms with Crippen LogP contribution < -0.4 is 36.7 Å². The van der Waals surface area contributed by atoms with E-state index in [0.717, 1.165) is 88.1 Å². The number of nitrogens with zero attached hydrogens (tertiary/aromatic N) is 12. The number of rotatable bonds is 4. The van der Waals surface area contributed by atoms with Crippen LogP contribution in [0.4, 0.5) is 33.6 Å². The summed E-state index contributed by atoms with van der Waals surface area (Å²) in [6.45, 7) is 12.2. The van der Waals surface area contributed by atoms with Gasteiger partial charge in [-0.05, 0) is 124 Å². The van der Waals surface area contributed by atoms with Crippen LogP contribution in [0.1, 0.15) is 35.4 Å². The van der Waals surface area contributed by atoms with Crippen LogP contribution in [0.5, 0.6) is 0 Å². The number of pyridine rings is 7. The number of anilines is 5. The van der Waals surface area contributed by atoms with Crippen molar-refractivity contribution in [3.63, 3.8) is 0 Å². The summed E-state index contributed by atoms with van der Waals surface area (Å²) in [4.78, 5) is 74.3. The van der Waals surface area contributed by atoms with Gasteiger partial charge in [-0.25, -0.2) is 34.3 Å². The molecule has 19 heteroatoms. The zero-order valence-electron chi connectivity index (χ0n) is 38.5. The van der Waals surface area contributed by atoms with Gasteiger partial charge < -0.3 is 15.1 Å². The van der Waals surface area contributed by atoms with Gasteiger partial charge in [0.15, 0.2) is 11.6 Å². The molecule has 8 aromatic heterocycles. The Morgan fingerprint density at radius 2 is 1.32 bits per heavy atom. The molecule has 0 unspecified atom stereocenters. The van der Waals surface area contributed by atoms with Gasteiger partial charge in [-0.2, -0.15) is 36.5 Å². The Morgan fingerprint density at radius 1 is 0.667 bits per heavy atom. The molecule has 2 saturated heterocycles. The molecule has 12 rings (SSSR count). The Labute approximate surface area is 412 Å². The Morgan fingerprint density at radius 3 is 2.00 bits per heavy atom. The van der Waals surface area contributed by atoms with Crippen molar-refractivity contribution in [1.82, 2.24) is 43.9 Å². The van der Waals surface area contributed by atoms with Gasteiger partial charge in [-0.15, -0.1) is 0 Å². The van der Waals surface area contributed by atoms with Crippen LogP contribution in [0.3, 0.4) is 0 Å². The van der Waals surface area contributed by atoms with Crippen molar-refractivity contribution in [2.75, 3.05) is 51.5 Å². The maximum atomic E-state index is 13.2. The zero-order chi connectivity index (χ0) is 46.2. The van der Waals surface area contributed by atoms with Gasteiger partial charge in [-0.1, -0.05) is 18.2 Å². The molecule has 17 nitrogen and oxygen atoms in total. The van der Waals surface area contributed by atoms with Gasteiger partial charge in [0.25, 0.3) is 0 Å². The van der Waals surface area contributed by atoms with Crippen LogP contribution in [-0.2, 0) is 0 Å². The van der Waals surface area contributed by atoms with Crippen molar-refractivity contribution >= 4 is 67.5 Å². The molecule has 2 N–H and O–H groups in total. The molecule has 69 heavy (non-hydrogen) atoms. The number of amides is 2. The Bertz CT molecular complexity index is 3280. The highest BCUT2D eigenvalue weighted by Gasteiger charge is 2.41. The monoisotopic (exact) mass is 960 g/mol. The van der Waals surface area contributed by atoms with E-state index < -0.39 is 11.4 Å². The van der Waals surface area contributed by atoms with Crippen LogP contribution in [-0.4, -0.2) is 88.1 Å². The number of urea groups is 1. The molecule has 4 bridgehead atoms. The van der Waals surface area contributed by atoms with Crippen molar-refractivity contribution in [3.05, 3.63) is 165 Å². The number of fused-ring (bicyclic) bond motifs is 9. The molecule has 0 aliphatic carbocycles. The second-order valence-electron chi connectivity index (χ2n) is 17.0. The largest absolute Gasteiger partial charge is 0.366 e. The maximum absolute atomic E-state index is 13.2. The lowest BCUT2D eigenvalue weighted by atomic mass is 10.0. The van der Waals surface area contributed by atoms with Crippen molar-refractivity contribution in [2.45, 2.75) is 52.6 Å². The summed E-state index contributed by atoms with van der Waals surface area (Å²) in [5.41, 5.74) is 9.85. The summed E-state index contributed by atoms with van der Waals surface area (Å²) in [7, 11) is 0. The van der Waals surface area contributed by atoms with Crippen molar-refractivity contribution in [2.24, 2.45) is 0 Å². The van der Waals surface area contributed by atoms with E-state index in [-0.39, 0.29) is 44.9 Å². The number of carbonyl (C=O) groups is 1. The summed E-state index contributed by atoms with van der Waals surface area (Å²) in [6, 6.07) is 28.5. The van der Waals surface area contributed by atoms with E-state index in [2.05, 4.69) is 77.4 Å². The first kappa shape index (κ1) is 47.8. The van der Waals surface area contributed by atoms with Crippen molar-refractivity contribution < 1.29 is 4.79 Å². The van der Waals surface area contributed by atoms with Gasteiger partial charge in [0, 0.05) is 85.7 Å². The first-order valence-electron chi connectivity index (χ1n) is 22.3. The SMILES string of the molecule is Cc1cc(-c2nc3c(cc2C)N2CC[C@@H](C2)N3)ccn1.Cc1cc(-c2nc3c(cc2C)N2CC[C@@H](C2)N3C(=O)Nc2ccccn2)ccn1.O=c1nc2ccccn2c(=O)n1-c1ccccn1.S.S. The fourth-order valence-corrected chi connectivity index (χ4v) is 9.13. The number of nitrogens with one attached hydrogen (secondary N) is 2. The van der Waals surface area contributed by atoms with Crippen LogP contribution >= 0.6 is 27.0 Å². The normalized spacial score (nSPS) is 15.7. The minimum atomic E-state index is -0.634. The molecule has 2 fully saturated rings. The highest BCUT2D eigenvalue weighted by molar-refractivity contribution is 7.59. The maximum Gasteiger partial charge on any atom is 0.359 e. The molecule has 352 valence electrons. The molecular weight excluding hydrogens is 909 g/mol. The molecule has 2 atom stereocenters. The molecule has 0 saturated carbocycles. The fourth-order valence-electron chi connectivity index (χ4n) is 9.13. The van der Waals surface area contributed by atoms with Gasteiger partial charge in [0.1, 0.15) is 17.3 Å². The van der Waals surface area contributed by atoms with Gasteiger partial charge in [0.05, 0.1) is 28.8 Å². The van der Waals surface area contributed by atoms with Crippen molar-refractivity contribution in [3.8, 4) is 28.3 Å². The molecule has 0 spiro atoms. The van der Waals surface area contributed by atoms with E-state index >= 15 is 0 Å². The second-order valence-corrected chi connectivity index (χ2v) is 17.0. The van der Waals surface area contributed by atoms with Crippen LogP contribution in [0.15, 0.2) is 132 Å². The quantitative estimate of drug-likeness (QED) is 0.184. The minimum Gasteiger partial charge on any atom is -0.366 e. The summed E-state index contributed by atoms with van der Waals surface area (Å²) >= 11 is 0. The highest BCUT2D eigenvalue weighted by atomic mass is 32.1. The molecular formula is C50H52N14O3S2. The van der Waals surface area contributed by atoms with E-state index in [9.17, 15) is 14.4 Å². The third-order valence-corrected chi connectivity index (χ3v) is 12.3. The van der Waals surface area contributed by atoms with Gasteiger partial charge in [-0.3, -0.25) is 24.6 Å². The Kier molecular flexibility index (Phi) is 14.1. The van der Waals surface area contributed by atoms with Crippen LogP contribution in [0.2, 0.25) is 0 Å². The van der Waals surface area contributed by atoms with Gasteiger partial charge >= 0.3 is 17.4 Å². The third kappa shape index (κ3) is 9.73. The average molecular weight is 961 g/mol. The van der Waals surface area contributed by atoms with Crippen molar-refractivity contribution in [1.29, 1.82) is 0 Å². The number of carbonyl (C=O) groups excluding carboxylic acids is 1. The predicted molar refractivity (Wildman–Crippen MR) is 280 cm³/mol. The lowest BCUT2D eigenvalue weighted by molar-refractivity contribution is 0.254. The molecule has 8 aromatic rings. The molecule has 0 aromatic carbocycles. The summed E-state index contributed by atoms with van der Waals surface area (Å²) in [5, 5.41) is 6.50. The lowest BCUT2D eigenvalue weighted by Gasteiger charge is -2.36. The fraction of sp³-hybridized carbons (Fsp3) is 0.240. The molecule has 4 aliphatic rings. The minimum absolute atomic E-state index is 0. The van der Waals surface area contributed by atoms with E-state index in [1.807, 2.05) is 55.3 Å². The first-order chi connectivity index (χ1) is 32.6. The highest BCUT2D eigenvalue weighted by Crippen LogP contribution is 2.42. The predicted octanol–water partition coefficient (Wildman–Crippen LogP) is 7.02. The van der Waals surface area contributed by atoms with Crippen LogP contribution in [0.25, 0.3) is 34.0 Å². The molecule has 4 aliphatic heterocycles. The number of aromatic nitrogens is 9. The smallest absolute Gasteiger partial charge is 0.359 e. The molecule has 2 amide bonds. The number of aryl methyl sites for hydroxylation is 4. The lowest BCUT2D eigenvalue weighted by Crippen LogP contribution is -2.48. The molecule has 0 radical (unpaired) electrons. The number of hydrogen-bond acceptors (Lipinski definition) is 13. The van der Waals surface area contributed by atoms with E-state index in [0.29, 0.717) is 23.3 Å². The van der Waals surface area contributed by atoms with E-state index in [1.54, 1.807) is 61.1 Å². The first-order valence-corrected chi connectivity index (χ1v) is 22.3. The van der Waals surface area contributed by atoms with Gasteiger partial charge in [0.2, 0.25) is 0 Å². The zero-order valence-corrected chi connectivity index (χ0v) is 40.5. The third-order valence-electron chi connectivity index (χ3n) is 12.3. The summed E-state index contributed by atoms with van der Waals surface area (Å²) in [5.74, 6) is 2.55. The summed E-state index contributed by atoms with van der Waals surface area (Å²) in [6.07, 6.45) is 10.5. The van der Waals surface area contributed by atoms with E-state index in [1.165, 1.54) is 28.3 Å². The second kappa shape index (κ2) is 20.3. The average Bonchev–Trinajstić information content (AvgIpc) is 3.95. The Hall–Kier alpha value is -7.64. The molecule has 12 heterocycles. The number of hydrogen-bond donors (Lipinski definition) is 2. The Balaban J connectivity index is 0.000000142. The van der Waals surface area contributed by atoms with E-state index in [4.69, 9.17) is 9.97 Å². The topological polar surface area (TPSA) is 185 Å².